The van der Waals surface area contributed by atoms with Crippen LogP contribution in [0.3, 0.4) is 0 Å². The Morgan fingerprint density at radius 2 is 2.04 bits per heavy atom. The number of thiazole rings is 1. The van der Waals surface area contributed by atoms with Crippen LogP contribution in [-0.2, 0) is 21.4 Å². The highest BCUT2D eigenvalue weighted by Crippen LogP contribution is 2.23. The maximum Gasteiger partial charge on any atom is 0.227 e. The number of sulfonamides is 1. The number of nitrogens with zero attached hydrogens (tertiary/aromatic N) is 4. The van der Waals surface area contributed by atoms with Gasteiger partial charge in [0.05, 0.1) is 22.4 Å². The van der Waals surface area contributed by atoms with Crippen LogP contribution < -0.4 is 0 Å². The van der Waals surface area contributed by atoms with Crippen molar-refractivity contribution in [3.63, 3.8) is 0 Å². The van der Waals surface area contributed by atoms with E-state index < -0.39 is 10.0 Å². The molecule has 7 nitrogen and oxygen atoms in total. The van der Waals surface area contributed by atoms with Gasteiger partial charge in [0.2, 0.25) is 15.9 Å². The molecule has 2 aliphatic rings. The zero-order valence-corrected chi connectivity index (χ0v) is 18.6. The summed E-state index contributed by atoms with van der Waals surface area (Å²) in [5.74, 6) is 0.0961. The summed E-state index contributed by atoms with van der Waals surface area (Å²) in [6.07, 6.45) is 3.11. The highest BCUT2D eigenvalue weighted by atomic mass is 32.2. The summed E-state index contributed by atoms with van der Waals surface area (Å²) in [7, 11) is -3.23. The van der Waals surface area contributed by atoms with Gasteiger partial charge in [0.15, 0.2) is 0 Å². The minimum atomic E-state index is -3.23. The van der Waals surface area contributed by atoms with E-state index in [1.165, 1.54) is 4.31 Å². The van der Waals surface area contributed by atoms with Crippen molar-refractivity contribution in [1.82, 2.24) is 19.1 Å². The molecule has 2 saturated heterocycles. The van der Waals surface area contributed by atoms with Gasteiger partial charge < -0.3 is 4.90 Å². The molecule has 1 amide bonds. The van der Waals surface area contributed by atoms with Crippen molar-refractivity contribution < 1.29 is 13.2 Å². The van der Waals surface area contributed by atoms with E-state index >= 15 is 0 Å². The molecule has 0 spiro atoms. The SMILES string of the molecule is CCCS(=O)(=O)N1CCCC(C(=O)N2CCCN(Cc3csc(C)n3)CC2)C1. The van der Waals surface area contributed by atoms with E-state index in [9.17, 15) is 13.2 Å². The fraction of sp³-hybridized carbons (Fsp3) is 0.789. The van der Waals surface area contributed by atoms with Gasteiger partial charge in [0, 0.05) is 51.2 Å². The Labute approximate surface area is 172 Å². The van der Waals surface area contributed by atoms with Crippen molar-refractivity contribution in [3.8, 4) is 0 Å². The first-order valence-electron chi connectivity index (χ1n) is 10.3. The summed E-state index contributed by atoms with van der Waals surface area (Å²) in [4.78, 5) is 21.9. The first-order chi connectivity index (χ1) is 13.4. The average molecular weight is 429 g/mol. The number of amides is 1. The van der Waals surface area contributed by atoms with Crippen LogP contribution >= 0.6 is 11.3 Å². The second-order valence-electron chi connectivity index (χ2n) is 7.83. The van der Waals surface area contributed by atoms with Crippen LogP contribution in [0.1, 0.15) is 43.3 Å². The first-order valence-corrected chi connectivity index (χ1v) is 12.8. The molecule has 0 N–H and O–H groups in total. The van der Waals surface area contributed by atoms with Gasteiger partial charge in [-0.1, -0.05) is 6.92 Å². The van der Waals surface area contributed by atoms with E-state index in [0.717, 1.165) is 56.1 Å². The molecule has 0 aromatic carbocycles. The predicted molar refractivity (Wildman–Crippen MR) is 112 cm³/mol. The van der Waals surface area contributed by atoms with Crippen molar-refractivity contribution in [2.45, 2.75) is 46.1 Å². The highest BCUT2D eigenvalue weighted by molar-refractivity contribution is 7.89. The molecule has 1 aromatic rings. The van der Waals surface area contributed by atoms with Crippen molar-refractivity contribution in [2.24, 2.45) is 5.92 Å². The van der Waals surface area contributed by atoms with Crippen molar-refractivity contribution >= 4 is 27.3 Å². The molecule has 1 aromatic heterocycles. The van der Waals surface area contributed by atoms with Gasteiger partial charge in [0.25, 0.3) is 0 Å². The Morgan fingerprint density at radius 1 is 1.21 bits per heavy atom. The van der Waals surface area contributed by atoms with Crippen LogP contribution in [0.5, 0.6) is 0 Å². The molecule has 0 bridgehead atoms. The maximum atomic E-state index is 13.1. The van der Waals surface area contributed by atoms with Gasteiger partial charge in [-0.25, -0.2) is 17.7 Å². The van der Waals surface area contributed by atoms with Gasteiger partial charge in [-0.3, -0.25) is 9.69 Å². The third-order valence-electron chi connectivity index (χ3n) is 5.54. The van der Waals surface area contributed by atoms with Gasteiger partial charge in [-0.05, 0) is 32.6 Å². The molecule has 158 valence electrons. The summed E-state index contributed by atoms with van der Waals surface area (Å²) >= 11 is 1.67. The van der Waals surface area contributed by atoms with E-state index in [4.69, 9.17) is 0 Å². The monoisotopic (exact) mass is 428 g/mol. The molecular weight excluding hydrogens is 396 g/mol. The van der Waals surface area contributed by atoms with Crippen LogP contribution in [0.15, 0.2) is 5.38 Å². The van der Waals surface area contributed by atoms with Crippen molar-refractivity contribution in [3.05, 3.63) is 16.1 Å². The topological polar surface area (TPSA) is 73.8 Å². The number of hydrogen-bond donors (Lipinski definition) is 0. The minimum absolute atomic E-state index is 0.128. The highest BCUT2D eigenvalue weighted by Gasteiger charge is 2.34. The molecule has 9 heteroatoms. The average Bonchev–Trinajstić information content (AvgIpc) is 2.94. The van der Waals surface area contributed by atoms with Crippen LogP contribution in [0.25, 0.3) is 0 Å². The summed E-state index contributed by atoms with van der Waals surface area (Å²) in [6.45, 7) is 8.88. The predicted octanol–water partition coefficient (Wildman–Crippen LogP) is 1.94. The molecule has 0 aliphatic carbocycles. The second-order valence-corrected chi connectivity index (χ2v) is 11.0. The molecule has 3 rings (SSSR count). The molecule has 3 heterocycles. The van der Waals surface area contributed by atoms with Crippen LogP contribution in [-0.4, -0.2) is 78.4 Å². The number of piperidine rings is 1. The molecule has 2 fully saturated rings. The Hall–Kier alpha value is -1.03. The van der Waals surface area contributed by atoms with Gasteiger partial charge >= 0.3 is 0 Å². The van der Waals surface area contributed by atoms with E-state index in [-0.39, 0.29) is 17.6 Å². The summed E-state index contributed by atoms with van der Waals surface area (Å²) in [5, 5.41) is 3.19. The summed E-state index contributed by atoms with van der Waals surface area (Å²) in [6, 6.07) is 0. The summed E-state index contributed by atoms with van der Waals surface area (Å²) in [5.41, 5.74) is 1.10. The Bertz CT molecular complexity index is 765. The molecular formula is C19H32N4O3S2. The van der Waals surface area contributed by atoms with Crippen molar-refractivity contribution in [1.29, 1.82) is 0 Å². The number of rotatable bonds is 6. The van der Waals surface area contributed by atoms with E-state index in [0.29, 0.717) is 26.1 Å². The van der Waals surface area contributed by atoms with E-state index in [1.807, 2.05) is 18.7 Å². The number of aryl methyl sites for hydroxylation is 1. The third-order valence-corrected chi connectivity index (χ3v) is 8.41. The first kappa shape index (κ1) is 21.7. The third kappa shape index (κ3) is 5.52. The van der Waals surface area contributed by atoms with Gasteiger partial charge in [0.1, 0.15) is 0 Å². The molecule has 0 radical (unpaired) electrons. The lowest BCUT2D eigenvalue weighted by molar-refractivity contribution is -0.136. The van der Waals surface area contributed by atoms with E-state index in [2.05, 4.69) is 15.3 Å². The standard InChI is InChI=1S/C19H32N4O3S2/c1-3-12-28(25,26)23-9-4-6-17(13-23)19(24)22-8-5-7-21(10-11-22)14-18-15-27-16(2)20-18/h15,17H,3-14H2,1-2H3. The van der Waals surface area contributed by atoms with E-state index in [1.54, 1.807) is 11.3 Å². The maximum absolute atomic E-state index is 13.1. The second kappa shape index (κ2) is 9.65. The van der Waals surface area contributed by atoms with Crippen molar-refractivity contribution in [2.75, 3.05) is 45.0 Å². The molecule has 1 atom stereocenters. The normalized spacial score (nSPS) is 22.9. The quantitative estimate of drug-likeness (QED) is 0.692. The molecule has 28 heavy (non-hydrogen) atoms. The zero-order chi connectivity index (χ0) is 20.1. The molecule has 1 unspecified atom stereocenters. The number of carbonyl (C=O) groups excluding carboxylic acids is 1. The number of carbonyl (C=O) groups is 1. The molecule has 2 aliphatic heterocycles. The van der Waals surface area contributed by atoms with Crippen LogP contribution in [0.2, 0.25) is 0 Å². The van der Waals surface area contributed by atoms with Crippen LogP contribution in [0, 0.1) is 12.8 Å². The lowest BCUT2D eigenvalue weighted by Crippen LogP contribution is -2.48. The number of hydrogen-bond acceptors (Lipinski definition) is 6. The van der Waals surface area contributed by atoms with Gasteiger partial charge in [-0.2, -0.15) is 0 Å². The number of aromatic nitrogens is 1. The Kier molecular flexibility index (Phi) is 7.47. The van der Waals surface area contributed by atoms with Crippen LogP contribution in [0.4, 0.5) is 0 Å². The smallest absolute Gasteiger partial charge is 0.227 e. The largest absolute Gasteiger partial charge is 0.341 e. The Morgan fingerprint density at radius 3 is 2.75 bits per heavy atom. The fourth-order valence-corrected chi connectivity index (χ4v) is 6.29. The molecule has 0 saturated carbocycles. The minimum Gasteiger partial charge on any atom is -0.341 e. The summed E-state index contributed by atoms with van der Waals surface area (Å²) < 4.78 is 26.3. The fourth-order valence-electron chi connectivity index (χ4n) is 4.10. The van der Waals surface area contributed by atoms with Gasteiger partial charge in [-0.15, -0.1) is 11.3 Å². The lowest BCUT2D eigenvalue weighted by Gasteiger charge is -2.34. The zero-order valence-electron chi connectivity index (χ0n) is 17.0. The Balaban J connectivity index is 1.55. The lowest BCUT2D eigenvalue weighted by atomic mass is 9.98.